The first kappa shape index (κ1) is 30.0. The van der Waals surface area contributed by atoms with Gasteiger partial charge >= 0.3 is 0 Å². The van der Waals surface area contributed by atoms with E-state index in [2.05, 4.69) is 93.5 Å². The molecule has 5 heteroatoms. The summed E-state index contributed by atoms with van der Waals surface area (Å²) in [6.45, 7) is 10.4. The van der Waals surface area contributed by atoms with Gasteiger partial charge in [-0.15, -0.1) is 0 Å². The van der Waals surface area contributed by atoms with Gasteiger partial charge in [0.1, 0.15) is 0 Å². The van der Waals surface area contributed by atoms with Crippen molar-refractivity contribution in [3.8, 4) is 0 Å². The van der Waals surface area contributed by atoms with Gasteiger partial charge in [-0.3, -0.25) is 4.99 Å². The summed E-state index contributed by atoms with van der Waals surface area (Å²) in [6, 6.07) is 11.2. The van der Waals surface area contributed by atoms with Gasteiger partial charge in [0.2, 0.25) is 0 Å². The Kier molecular flexibility index (Phi) is 11.9. The van der Waals surface area contributed by atoms with Crippen LogP contribution in [0.25, 0.3) is 0 Å². The van der Waals surface area contributed by atoms with E-state index >= 15 is 0 Å². The Bertz CT molecular complexity index is 1060. The third kappa shape index (κ3) is 10.1. The zero-order valence-electron chi connectivity index (χ0n) is 25.3. The number of anilines is 1. The van der Waals surface area contributed by atoms with E-state index in [1.807, 2.05) is 12.4 Å². The Balaban J connectivity index is 0.000000124. The van der Waals surface area contributed by atoms with Crippen LogP contribution in [-0.4, -0.2) is 58.1 Å². The van der Waals surface area contributed by atoms with Crippen molar-refractivity contribution in [1.29, 1.82) is 0 Å². The molecule has 1 aromatic carbocycles. The van der Waals surface area contributed by atoms with E-state index in [1.54, 1.807) is 5.57 Å². The third-order valence-electron chi connectivity index (χ3n) is 9.37. The predicted molar refractivity (Wildman–Crippen MR) is 176 cm³/mol. The highest BCUT2D eigenvalue weighted by atomic mass is 15.2. The van der Waals surface area contributed by atoms with E-state index in [1.165, 1.54) is 82.4 Å². The first-order chi connectivity index (χ1) is 20.2. The van der Waals surface area contributed by atoms with E-state index in [-0.39, 0.29) is 0 Å². The molecule has 0 aromatic heterocycles. The molecule has 222 valence electrons. The van der Waals surface area contributed by atoms with Crippen LogP contribution in [0.1, 0.15) is 58.3 Å². The number of benzene rings is 1. The standard InChI is InChI=1S/C13H19N.C12H18N2.C11H16N2/c1-2-11(9-14-5-1)6-10-3-4-12-8-13(12)7-10;1-2-11(3-7-13-6-1)10-12-4-8-14-9-5-12;1-10-9-12-7-8-13(10)11-5-3-2-4-6-11/h3-4,7,11-14H,1-2,5-6,8-9H2;1,3,6-7,12,14H,2,4-5,8-10H2;2-6,10,12H,7-9H2,1H3. The van der Waals surface area contributed by atoms with Crippen LogP contribution in [0, 0.1) is 23.7 Å². The molecule has 7 rings (SSSR count). The highest BCUT2D eigenvalue weighted by Crippen LogP contribution is 2.45. The number of nitrogens with one attached hydrogen (secondary N) is 3. The van der Waals surface area contributed by atoms with Gasteiger partial charge in [0.15, 0.2) is 0 Å². The third-order valence-corrected chi connectivity index (χ3v) is 9.37. The van der Waals surface area contributed by atoms with Crippen molar-refractivity contribution in [1.82, 2.24) is 16.0 Å². The van der Waals surface area contributed by atoms with E-state index in [0.29, 0.717) is 6.04 Å². The zero-order chi connectivity index (χ0) is 28.1. The molecule has 6 aliphatic rings. The van der Waals surface area contributed by atoms with Crippen molar-refractivity contribution in [2.24, 2.45) is 28.7 Å². The second-order valence-corrected chi connectivity index (χ2v) is 12.8. The van der Waals surface area contributed by atoms with Crippen molar-refractivity contribution >= 4 is 11.9 Å². The number of hydrogen-bond donors (Lipinski definition) is 3. The predicted octanol–water partition coefficient (Wildman–Crippen LogP) is 6.28. The first-order valence-corrected chi connectivity index (χ1v) is 16.4. The molecule has 0 amide bonds. The van der Waals surface area contributed by atoms with E-state index < -0.39 is 0 Å². The lowest BCUT2D eigenvalue weighted by Crippen LogP contribution is -2.49. The average molecular weight is 556 g/mol. The summed E-state index contributed by atoms with van der Waals surface area (Å²) < 4.78 is 0. The highest BCUT2D eigenvalue weighted by molar-refractivity contribution is 5.73. The lowest BCUT2D eigenvalue weighted by Gasteiger charge is -2.35. The Morgan fingerprint density at radius 1 is 0.878 bits per heavy atom. The lowest BCUT2D eigenvalue weighted by molar-refractivity contribution is 0.371. The summed E-state index contributed by atoms with van der Waals surface area (Å²) in [5.41, 5.74) is 4.49. The van der Waals surface area contributed by atoms with Crippen LogP contribution in [-0.2, 0) is 0 Å². The van der Waals surface area contributed by atoms with Gasteiger partial charge in [-0.2, -0.15) is 0 Å². The SMILES string of the molecule is C1=CC2CC2C=C1CC1CCCNC1.C1=CN=CC=C(CC2CCNCC2)C1.CC1CNCCN1c1ccccc1. The van der Waals surface area contributed by atoms with Crippen LogP contribution in [0.3, 0.4) is 0 Å². The fraction of sp³-hybridized carbons (Fsp3) is 0.583. The van der Waals surface area contributed by atoms with Gasteiger partial charge in [0.05, 0.1) is 0 Å². The van der Waals surface area contributed by atoms with E-state index in [4.69, 9.17) is 0 Å². The maximum Gasteiger partial charge on any atom is 0.0386 e. The number of hydrogen-bond acceptors (Lipinski definition) is 5. The molecule has 4 unspecified atom stereocenters. The van der Waals surface area contributed by atoms with Gasteiger partial charge in [0, 0.05) is 43.8 Å². The summed E-state index contributed by atoms with van der Waals surface area (Å²) in [6.07, 6.45) is 26.0. The van der Waals surface area contributed by atoms with Gasteiger partial charge in [-0.1, -0.05) is 53.6 Å². The van der Waals surface area contributed by atoms with Gasteiger partial charge in [0.25, 0.3) is 0 Å². The molecular formula is C36H53N5. The maximum absolute atomic E-state index is 4.12. The van der Waals surface area contributed by atoms with Gasteiger partial charge in [-0.25, -0.2) is 0 Å². The minimum Gasteiger partial charge on any atom is -0.366 e. The fourth-order valence-electron chi connectivity index (χ4n) is 6.78. The molecule has 5 nitrogen and oxygen atoms in total. The van der Waals surface area contributed by atoms with Crippen LogP contribution < -0.4 is 20.9 Å². The minimum atomic E-state index is 0.608. The second-order valence-electron chi connectivity index (χ2n) is 12.8. The van der Waals surface area contributed by atoms with Crippen molar-refractivity contribution in [2.45, 2.75) is 64.3 Å². The molecular weight excluding hydrogens is 502 g/mol. The number of piperazine rings is 1. The largest absolute Gasteiger partial charge is 0.366 e. The Hall–Kier alpha value is -2.47. The minimum absolute atomic E-state index is 0.608. The second kappa shape index (κ2) is 16.2. The summed E-state index contributed by atoms with van der Waals surface area (Å²) >= 11 is 0. The molecule has 0 bridgehead atoms. The lowest BCUT2D eigenvalue weighted by atomic mass is 9.90. The normalized spacial score (nSPS) is 29.0. The monoisotopic (exact) mass is 555 g/mol. The van der Waals surface area contributed by atoms with Crippen molar-refractivity contribution in [3.05, 3.63) is 78.1 Å². The van der Waals surface area contributed by atoms with Crippen LogP contribution in [0.4, 0.5) is 5.69 Å². The molecule has 0 spiro atoms. The van der Waals surface area contributed by atoms with Crippen molar-refractivity contribution < 1.29 is 0 Å². The molecule has 1 saturated carbocycles. The zero-order valence-corrected chi connectivity index (χ0v) is 25.3. The Morgan fingerprint density at radius 2 is 1.73 bits per heavy atom. The van der Waals surface area contributed by atoms with Crippen molar-refractivity contribution in [3.63, 3.8) is 0 Å². The van der Waals surface area contributed by atoms with E-state index in [9.17, 15) is 0 Å². The molecule has 1 aromatic rings. The molecule has 2 aliphatic carbocycles. The van der Waals surface area contributed by atoms with Crippen LogP contribution in [0.2, 0.25) is 0 Å². The van der Waals surface area contributed by atoms with Gasteiger partial charge < -0.3 is 20.9 Å². The first-order valence-electron chi connectivity index (χ1n) is 16.4. The Labute approximate surface area is 249 Å². The number of fused-ring (bicyclic) bond motifs is 1. The molecule has 3 saturated heterocycles. The van der Waals surface area contributed by atoms with Crippen LogP contribution in [0.5, 0.6) is 0 Å². The van der Waals surface area contributed by atoms with Gasteiger partial charge in [-0.05, 0) is 126 Å². The number of para-hydroxylation sites is 1. The molecule has 4 fully saturated rings. The average Bonchev–Trinajstić information content (AvgIpc) is 3.84. The number of aliphatic imine (C=N–C) groups is 1. The summed E-state index contributed by atoms with van der Waals surface area (Å²) in [4.78, 5) is 6.57. The van der Waals surface area contributed by atoms with Crippen LogP contribution in [0.15, 0.2) is 83.1 Å². The highest BCUT2D eigenvalue weighted by Gasteiger charge is 2.35. The summed E-state index contributed by atoms with van der Waals surface area (Å²) in [5.74, 6) is 3.63. The molecule has 3 N–H and O–H groups in total. The number of piperidine rings is 2. The Morgan fingerprint density at radius 3 is 2.51 bits per heavy atom. The number of allylic oxidation sites excluding steroid dienone is 7. The summed E-state index contributed by atoms with van der Waals surface area (Å²) in [5, 5.41) is 10.3. The topological polar surface area (TPSA) is 51.7 Å². The molecule has 0 radical (unpaired) electrons. The molecule has 4 aliphatic heterocycles. The summed E-state index contributed by atoms with van der Waals surface area (Å²) in [7, 11) is 0. The maximum atomic E-state index is 4.12. The van der Waals surface area contributed by atoms with E-state index in [0.717, 1.165) is 49.7 Å². The molecule has 4 heterocycles. The molecule has 4 atom stereocenters. The number of nitrogens with zero attached hydrogens (tertiary/aromatic N) is 2. The smallest absolute Gasteiger partial charge is 0.0386 e. The molecule has 41 heavy (non-hydrogen) atoms. The fourth-order valence-corrected chi connectivity index (χ4v) is 6.78. The van der Waals surface area contributed by atoms with Crippen LogP contribution >= 0.6 is 0 Å². The van der Waals surface area contributed by atoms with Crippen molar-refractivity contribution in [2.75, 3.05) is 50.7 Å². The number of rotatable bonds is 5. The quantitative estimate of drug-likeness (QED) is 0.400.